The molecule has 0 aliphatic carbocycles. The standard InChI is InChI=1S/C17H25N5O3/c1-11-13-9-19-22(17(2,3)4)15(13)16(24)21(20-11)10-14(23)18-8-12-6-5-7-25-12/h9,12H,5-8,10H2,1-4H3,(H,18,23)/t12-/m1/s1. The Bertz CT molecular complexity index is 840. The van der Waals surface area contributed by atoms with Crippen molar-refractivity contribution in [3.63, 3.8) is 0 Å². The largest absolute Gasteiger partial charge is 0.376 e. The number of nitrogens with zero attached hydrogens (tertiary/aromatic N) is 4. The van der Waals surface area contributed by atoms with E-state index in [-0.39, 0.29) is 29.7 Å². The molecule has 2 aromatic heterocycles. The van der Waals surface area contributed by atoms with E-state index >= 15 is 0 Å². The Kier molecular flexibility index (Phi) is 4.64. The third-order valence-corrected chi connectivity index (χ3v) is 4.35. The van der Waals surface area contributed by atoms with E-state index in [1.165, 1.54) is 4.68 Å². The maximum absolute atomic E-state index is 12.8. The maximum atomic E-state index is 12.8. The van der Waals surface area contributed by atoms with Gasteiger partial charge in [-0.3, -0.25) is 14.3 Å². The molecule has 1 fully saturated rings. The molecule has 0 unspecified atom stereocenters. The fourth-order valence-electron chi connectivity index (χ4n) is 3.06. The Balaban J connectivity index is 1.85. The molecule has 1 aliphatic rings. The first-order valence-corrected chi connectivity index (χ1v) is 8.61. The number of fused-ring (bicyclic) bond motifs is 1. The number of amides is 1. The minimum absolute atomic E-state index is 0.0696. The highest BCUT2D eigenvalue weighted by Crippen LogP contribution is 2.20. The summed E-state index contributed by atoms with van der Waals surface area (Å²) in [6, 6.07) is 0. The highest BCUT2D eigenvalue weighted by atomic mass is 16.5. The Morgan fingerprint density at radius 2 is 2.20 bits per heavy atom. The molecule has 0 bridgehead atoms. The number of hydrogen-bond acceptors (Lipinski definition) is 5. The number of carbonyl (C=O) groups excluding carboxylic acids is 1. The van der Waals surface area contributed by atoms with E-state index in [0.717, 1.165) is 24.8 Å². The molecule has 1 aliphatic heterocycles. The van der Waals surface area contributed by atoms with Crippen molar-refractivity contribution < 1.29 is 9.53 Å². The van der Waals surface area contributed by atoms with Gasteiger partial charge in [0, 0.05) is 18.5 Å². The van der Waals surface area contributed by atoms with E-state index in [1.807, 2.05) is 27.7 Å². The fourth-order valence-corrected chi connectivity index (χ4v) is 3.06. The van der Waals surface area contributed by atoms with Gasteiger partial charge in [0.15, 0.2) is 0 Å². The van der Waals surface area contributed by atoms with Crippen molar-refractivity contribution in [1.29, 1.82) is 0 Å². The Labute approximate surface area is 146 Å². The number of carbonyl (C=O) groups is 1. The Hall–Kier alpha value is -2.22. The summed E-state index contributed by atoms with van der Waals surface area (Å²) in [4.78, 5) is 25.0. The van der Waals surface area contributed by atoms with E-state index in [1.54, 1.807) is 10.9 Å². The van der Waals surface area contributed by atoms with Gasteiger partial charge in [0.25, 0.3) is 5.56 Å². The highest BCUT2D eigenvalue weighted by molar-refractivity contribution is 5.80. The van der Waals surface area contributed by atoms with Crippen molar-refractivity contribution in [3.8, 4) is 0 Å². The van der Waals surface area contributed by atoms with Crippen molar-refractivity contribution >= 4 is 16.8 Å². The zero-order valence-corrected chi connectivity index (χ0v) is 15.2. The van der Waals surface area contributed by atoms with Gasteiger partial charge in [-0.05, 0) is 40.5 Å². The molecular formula is C17H25N5O3. The lowest BCUT2D eigenvalue weighted by molar-refractivity contribution is -0.122. The number of rotatable bonds is 4. The first-order chi connectivity index (χ1) is 11.8. The van der Waals surface area contributed by atoms with E-state index in [9.17, 15) is 9.59 Å². The zero-order chi connectivity index (χ0) is 18.2. The molecule has 1 saturated heterocycles. The van der Waals surface area contributed by atoms with Gasteiger partial charge in [-0.25, -0.2) is 4.68 Å². The monoisotopic (exact) mass is 347 g/mol. The van der Waals surface area contributed by atoms with Crippen LogP contribution in [0.4, 0.5) is 0 Å². The SMILES string of the molecule is Cc1nn(CC(=O)NC[C@H]2CCCO2)c(=O)c2c1cnn2C(C)(C)C. The van der Waals surface area contributed by atoms with Crippen LogP contribution in [0, 0.1) is 6.92 Å². The maximum Gasteiger partial charge on any atom is 0.293 e. The number of hydrogen-bond donors (Lipinski definition) is 1. The highest BCUT2D eigenvalue weighted by Gasteiger charge is 2.22. The summed E-state index contributed by atoms with van der Waals surface area (Å²) in [6.45, 7) is 8.85. The topological polar surface area (TPSA) is 91.0 Å². The van der Waals surface area contributed by atoms with Gasteiger partial charge in [-0.2, -0.15) is 10.2 Å². The van der Waals surface area contributed by atoms with Crippen molar-refractivity contribution in [1.82, 2.24) is 24.9 Å². The summed E-state index contributed by atoms with van der Waals surface area (Å²) in [5.41, 5.74) is 0.512. The second-order valence-electron chi connectivity index (χ2n) is 7.48. The zero-order valence-electron chi connectivity index (χ0n) is 15.2. The first-order valence-electron chi connectivity index (χ1n) is 8.61. The normalized spacial score (nSPS) is 18.0. The van der Waals surface area contributed by atoms with Gasteiger partial charge in [-0.1, -0.05) is 0 Å². The predicted octanol–water partition coefficient (Wildman–Crippen LogP) is 0.952. The smallest absolute Gasteiger partial charge is 0.293 e. The van der Waals surface area contributed by atoms with E-state index < -0.39 is 0 Å². The van der Waals surface area contributed by atoms with Gasteiger partial charge in [0.2, 0.25) is 5.91 Å². The predicted molar refractivity (Wildman–Crippen MR) is 93.5 cm³/mol. The third kappa shape index (κ3) is 3.58. The van der Waals surface area contributed by atoms with E-state index in [2.05, 4.69) is 15.5 Å². The summed E-state index contributed by atoms with van der Waals surface area (Å²) in [7, 11) is 0. The van der Waals surface area contributed by atoms with Crippen molar-refractivity contribution in [2.45, 2.75) is 58.7 Å². The van der Waals surface area contributed by atoms with Crippen LogP contribution in [0.3, 0.4) is 0 Å². The molecule has 2 aromatic rings. The van der Waals surface area contributed by atoms with Gasteiger partial charge in [-0.15, -0.1) is 0 Å². The molecule has 3 rings (SSSR count). The van der Waals surface area contributed by atoms with Gasteiger partial charge < -0.3 is 10.1 Å². The van der Waals surface area contributed by atoms with Crippen LogP contribution in [0.2, 0.25) is 0 Å². The van der Waals surface area contributed by atoms with Crippen LogP contribution in [-0.4, -0.2) is 44.7 Å². The molecule has 25 heavy (non-hydrogen) atoms. The van der Waals surface area contributed by atoms with Crippen LogP contribution in [-0.2, 0) is 21.6 Å². The quantitative estimate of drug-likeness (QED) is 0.889. The molecule has 0 radical (unpaired) electrons. The first kappa shape index (κ1) is 17.6. The average molecular weight is 347 g/mol. The molecule has 3 heterocycles. The molecular weight excluding hydrogens is 322 g/mol. The molecule has 1 atom stereocenters. The van der Waals surface area contributed by atoms with Crippen molar-refractivity contribution in [2.24, 2.45) is 0 Å². The summed E-state index contributed by atoms with van der Waals surface area (Å²) < 4.78 is 8.40. The molecule has 0 saturated carbocycles. The molecule has 0 aromatic carbocycles. The lowest BCUT2D eigenvalue weighted by Crippen LogP contribution is -2.38. The Morgan fingerprint density at radius 1 is 1.44 bits per heavy atom. The minimum Gasteiger partial charge on any atom is -0.376 e. The van der Waals surface area contributed by atoms with Crippen LogP contribution >= 0.6 is 0 Å². The number of ether oxygens (including phenoxy) is 1. The average Bonchev–Trinajstić information content (AvgIpc) is 3.19. The van der Waals surface area contributed by atoms with E-state index in [4.69, 9.17) is 4.74 Å². The van der Waals surface area contributed by atoms with Crippen molar-refractivity contribution in [3.05, 3.63) is 22.2 Å². The minimum atomic E-state index is -0.339. The summed E-state index contributed by atoms with van der Waals surface area (Å²) in [6.07, 6.45) is 3.70. The van der Waals surface area contributed by atoms with Gasteiger partial charge >= 0.3 is 0 Å². The van der Waals surface area contributed by atoms with Crippen LogP contribution in [0.25, 0.3) is 10.9 Å². The molecule has 136 valence electrons. The summed E-state index contributed by atoms with van der Waals surface area (Å²) >= 11 is 0. The van der Waals surface area contributed by atoms with Gasteiger partial charge in [0.05, 0.1) is 23.5 Å². The number of aryl methyl sites for hydroxylation is 1. The number of aromatic nitrogens is 4. The summed E-state index contributed by atoms with van der Waals surface area (Å²) in [5.74, 6) is -0.245. The van der Waals surface area contributed by atoms with E-state index in [0.29, 0.717) is 17.8 Å². The second-order valence-corrected chi connectivity index (χ2v) is 7.48. The van der Waals surface area contributed by atoms with Gasteiger partial charge in [0.1, 0.15) is 12.1 Å². The molecule has 0 spiro atoms. The van der Waals surface area contributed by atoms with Crippen molar-refractivity contribution in [2.75, 3.05) is 13.2 Å². The number of nitrogens with one attached hydrogen (secondary N) is 1. The van der Waals surface area contributed by atoms with Crippen LogP contribution in [0.15, 0.2) is 11.0 Å². The fraction of sp³-hybridized carbons (Fsp3) is 0.647. The molecule has 1 amide bonds. The summed E-state index contributed by atoms with van der Waals surface area (Å²) in [5, 5.41) is 12.2. The molecule has 8 heteroatoms. The lowest BCUT2D eigenvalue weighted by atomic mass is 10.1. The molecule has 1 N–H and O–H groups in total. The lowest BCUT2D eigenvalue weighted by Gasteiger charge is -2.20. The van der Waals surface area contributed by atoms with Crippen LogP contribution < -0.4 is 10.9 Å². The van der Waals surface area contributed by atoms with Crippen LogP contribution in [0.1, 0.15) is 39.3 Å². The second kappa shape index (κ2) is 6.59. The van der Waals surface area contributed by atoms with Crippen LogP contribution in [0.5, 0.6) is 0 Å². The molecule has 8 nitrogen and oxygen atoms in total. The Morgan fingerprint density at radius 3 is 2.84 bits per heavy atom. The third-order valence-electron chi connectivity index (χ3n) is 4.35.